The molecule has 1 saturated carbocycles. The lowest BCUT2D eigenvalue weighted by Crippen LogP contribution is -2.64. The zero-order valence-corrected chi connectivity index (χ0v) is 23.5. The number of carboxylic acids is 1. The summed E-state index contributed by atoms with van der Waals surface area (Å²) in [4.78, 5) is 59.6. The third-order valence-electron chi connectivity index (χ3n) is 6.42. The average Bonchev–Trinajstić information content (AvgIpc) is 3.38. The Morgan fingerprint density at radius 2 is 2.02 bits per heavy atom. The first-order valence-electron chi connectivity index (χ1n) is 12.5. The summed E-state index contributed by atoms with van der Waals surface area (Å²) in [5.74, 6) is -4.38. The van der Waals surface area contributed by atoms with Gasteiger partial charge in [-0.05, 0) is 13.0 Å². The van der Waals surface area contributed by atoms with Crippen molar-refractivity contribution in [3.8, 4) is 0 Å². The number of nitrogens with two attached hydrogens (primary N) is 2. The molecule has 2 aromatic heterocycles. The molecule has 0 unspecified atom stereocenters. The summed E-state index contributed by atoms with van der Waals surface area (Å²) in [6, 6.07) is -1.72. The number of carbonyl (C=O) groups excluding carboxylic acids is 3. The van der Waals surface area contributed by atoms with Gasteiger partial charge in [0.1, 0.15) is 11.4 Å². The summed E-state index contributed by atoms with van der Waals surface area (Å²) in [6.07, 6.45) is 1.66. The van der Waals surface area contributed by atoms with Crippen LogP contribution in [-0.2, 0) is 42.6 Å². The fourth-order valence-electron chi connectivity index (χ4n) is 4.01. The van der Waals surface area contributed by atoms with Crippen LogP contribution in [0.15, 0.2) is 16.7 Å². The van der Waals surface area contributed by atoms with Gasteiger partial charge in [0.25, 0.3) is 0 Å². The van der Waals surface area contributed by atoms with Crippen molar-refractivity contribution in [2.75, 3.05) is 18.8 Å². The fourth-order valence-corrected chi connectivity index (χ4v) is 5.48. The number of β-lactam (4-membered cyclic amide) rings is 1. The fraction of sp³-hybridized carbons (Fsp3) is 0.524. The molecule has 0 aromatic carbocycles. The number of aromatic nitrogens is 4. The van der Waals surface area contributed by atoms with Crippen molar-refractivity contribution >= 4 is 56.2 Å². The molecule has 19 nitrogen and oxygen atoms in total. The van der Waals surface area contributed by atoms with Crippen molar-refractivity contribution in [1.82, 2.24) is 34.9 Å². The van der Waals surface area contributed by atoms with Crippen LogP contribution in [0.2, 0.25) is 0 Å². The van der Waals surface area contributed by atoms with Crippen molar-refractivity contribution in [1.29, 1.82) is 0 Å². The van der Waals surface area contributed by atoms with Crippen LogP contribution in [0, 0.1) is 5.92 Å². The Morgan fingerprint density at radius 1 is 1.29 bits per heavy atom. The highest BCUT2D eigenvalue weighted by Crippen LogP contribution is 2.40. The molecular formula is C21H28N10O9S2. The minimum absolute atomic E-state index is 0.0170. The van der Waals surface area contributed by atoms with Crippen LogP contribution in [-0.4, -0.2) is 96.5 Å². The number of aliphatic carboxylic acids is 1. The number of ketones is 1. The lowest BCUT2D eigenvalue weighted by molar-refractivity contribution is -0.153. The number of nitrogens with one attached hydrogen (secondary N) is 2. The molecule has 3 heterocycles. The van der Waals surface area contributed by atoms with E-state index >= 15 is 0 Å². The van der Waals surface area contributed by atoms with Gasteiger partial charge in [0.2, 0.25) is 11.5 Å². The van der Waals surface area contributed by atoms with E-state index in [2.05, 4.69) is 31.0 Å². The van der Waals surface area contributed by atoms with Gasteiger partial charge in [0.15, 0.2) is 16.6 Å². The summed E-state index contributed by atoms with van der Waals surface area (Å²) >= 11 is 0.983. The SMILES string of the molecule is NCCCNC(=O)NCc1cnn(C[C@@H]2[C@H](CC(=O)/C(=N\OC3(C(=O)O)CC3)c3csc(N)n3)C(=O)N2S(=O)(=O)O)n1. The highest BCUT2D eigenvalue weighted by molar-refractivity contribution is 7.84. The van der Waals surface area contributed by atoms with Gasteiger partial charge in [0.05, 0.1) is 31.2 Å². The Balaban J connectivity index is 1.47. The minimum Gasteiger partial charge on any atom is -0.478 e. The van der Waals surface area contributed by atoms with E-state index in [0.717, 1.165) is 16.1 Å². The number of nitrogens with zero attached hydrogens (tertiary/aromatic N) is 6. The maximum absolute atomic E-state index is 13.3. The predicted molar refractivity (Wildman–Crippen MR) is 143 cm³/mol. The normalized spacial score (nSPS) is 19.6. The van der Waals surface area contributed by atoms with Gasteiger partial charge in [-0.25, -0.2) is 18.9 Å². The Kier molecular flexibility index (Phi) is 9.03. The van der Waals surface area contributed by atoms with E-state index in [1.54, 1.807) is 0 Å². The number of oxime groups is 1. The molecule has 2 fully saturated rings. The van der Waals surface area contributed by atoms with Gasteiger partial charge in [-0.2, -0.15) is 23.4 Å². The molecule has 2 atom stereocenters. The molecule has 0 radical (unpaired) electrons. The van der Waals surface area contributed by atoms with Crippen molar-refractivity contribution in [3.05, 3.63) is 23.0 Å². The maximum atomic E-state index is 13.3. The second-order valence-electron chi connectivity index (χ2n) is 9.46. The van der Waals surface area contributed by atoms with Gasteiger partial charge in [-0.3, -0.25) is 14.1 Å². The molecule has 0 spiro atoms. The van der Waals surface area contributed by atoms with Crippen LogP contribution in [0.25, 0.3) is 0 Å². The molecule has 228 valence electrons. The van der Waals surface area contributed by atoms with Gasteiger partial charge in [0, 0.05) is 31.2 Å². The van der Waals surface area contributed by atoms with Crippen LogP contribution in [0.4, 0.5) is 9.93 Å². The quantitative estimate of drug-likeness (QED) is 0.0413. The summed E-state index contributed by atoms with van der Waals surface area (Å²) in [6.45, 7) is 0.445. The summed E-state index contributed by atoms with van der Waals surface area (Å²) in [5, 5.41) is 27.9. The van der Waals surface area contributed by atoms with E-state index < -0.39 is 63.7 Å². The molecule has 2 aromatic rings. The maximum Gasteiger partial charge on any atom is 0.362 e. The van der Waals surface area contributed by atoms with Gasteiger partial charge in [-0.1, -0.05) is 5.16 Å². The number of anilines is 1. The van der Waals surface area contributed by atoms with Gasteiger partial charge in [-0.15, -0.1) is 11.3 Å². The largest absolute Gasteiger partial charge is 0.478 e. The Labute approximate surface area is 242 Å². The van der Waals surface area contributed by atoms with Crippen LogP contribution >= 0.6 is 11.3 Å². The van der Waals surface area contributed by atoms with E-state index in [1.807, 2.05) is 0 Å². The number of rotatable bonds is 15. The number of carbonyl (C=O) groups is 4. The first-order valence-corrected chi connectivity index (χ1v) is 14.8. The molecule has 0 bridgehead atoms. The monoisotopic (exact) mass is 628 g/mol. The van der Waals surface area contributed by atoms with Crippen molar-refractivity contribution in [2.45, 2.75) is 50.4 Å². The van der Waals surface area contributed by atoms with Crippen molar-refractivity contribution in [2.24, 2.45) is 16.8 Å². The number of carboxylic acid groups (broad SMARTS) is 1. The third-order valence-corrected chi connectivity index (χ3v) is 8.04. The average molecular weight is 629 g/mol. The molecular weight excluding hydrogens is 600 g/mol. The summed E-state index contributed by atoms with van der Waals surface area (Å²) in [7, 11) is -5.00. The number of urea groups is 1. The second kappa shape index (κ2) is 12.3. The highest BCUT2D eigenvalue weighted by Gasteiger charge is 2.56. The van der Waals surface area contributed by atoms with Crippen LogP contribution in [0.1, 0.15) is 37.1 Å². The van der Waals surface area contributed by atoms with E-state index in [4.69, 9.17) is 16.3 Å². The van der Waals surface area contributed by atoms with Crippen LogP contribution < -0.4 is 22.1 Å². The number of Topliss-reactive ketones (excluding diaryl/α,β-unsaturated/α-hetero) is 1. The van der Waals surface area contributed by atoms with Crippen molar-refractivity contribution < 1.29 is 42.1 Å². The molecule has 1 aliphatic heterocycles. The summed E-state index contributed by atoms with van der Waals surface area (Å²) < 4.78 is 33.7. The number of nitrogen functional groups attached to an aromatic ring is 1. The standard InChI is InChI=1S/C21H28N10O9S2/c22-4-1-5-24-20(36)25-7-11-8-26-30(28-11)9-14-12(17(33)31(14)42(37,38)39)6-15(32)16(13-10-41-19(23)27-13)29-40-21(2-3-21)18(34)35/h8,10,12,14H,1-7,9,22H2,(H2,23,27)(H,34,35)(H2,24,25,36)(H,37,38,39)/b29-16-/t12-,14+/m0/s1. The Morgan fingerprint density at radius 3 is 2.62 bits per heavy atom. The molecule has 3 amide bonds. The predicted octanol–water partition coefficient (Wildman–Crippen LogP) is -1.91. The van der Waals surface area contributed by atoms with Crippen LogP contribution in [0.5, 0.6) is 0 Å². The van der Waals surface area contributed by atoms with Crippen molar-refractivity contribution in [3.63, 3.8) is 0 Å². The minimum atomic E-state index is -5.00. The number of hydrogen-bond donors (Lipinski definition) is 6. The lowest BCUT2D eigenvalue weighted by atomic mass is 9.84. The number of thiazole rings is 1. The van der Waals surface area contributed by atoms with E-state index in [-0.39, 0.29) is 41.1 Å². The third kappa shape index (κ3) is 6.98. The molecule has 1 aliphatic carbocycles. The Bertz CT molecular complexity index is 1500. The smallest absolute Gasteiger partial charge is 0.362 e. The zero-order chi connectivity index (χ0) is 30.7. The topological polar surface area (TPSA) is 287 Å². The van der Waals surface area contributed by atoms with Crippen LogP contribution in [0.3, 0.4) is 0 Å². The van der Waals surface area contributed by atoms with E-state index in [0.29, 0.717) is 25.2 Å². The number of amides is 3. The lowest BCUT2D eigenvalue weighted by Gasteiger charge is -2.43. The molecule has 2 aliphatic rings. The Hall–Kier alpha value is -4.21. The molecule has 42 heavy (non-hydrogen) atoms. The van der Waals surface area contributed by atoms with Gasteiger partial charge < -0.3 is 32.0 Å². The molecule has 4 rings (SSSR count). The van der Waals surface area contributed by atoms with E-state index in [1.165, 1.54) is 11.6 Å². The first kappa shape index (κ1) is 30.7. The molecule has 8 N–H and O–H groups in total. The zero-order valence-electron chi connectivity index (χ0n) is 21.9. The molecule has 21 heteroatoms. The number of hydrogen-bond acceptors (Lipinski definition) is 14. The van der Waals surface area contributed by atoms with E-state index in [9.17, 15) is 37.3 Å². The second-order valence-corrected chi connectivity index (χ2v) is 11.6. The first-order chi connectivity index (χ1) is 19.8. The molecule has 1 saturated heterocycles. The summed E-state index contributed by atoms with van der Waals surface area (Å²) in [5.41, 5.74) is 9.35. The van der Waals surface area contributed by atoms with Gasteiger partial charge >= 0.3 is 22.3 Å². The highest BCUT2D eigenvalue weighted by atomic mass is 32.2.